The summed E-state index contributed by atoms with van der Waals surface area (Å²) in [7, 11) is 0. The average molecular weight is 1310 g/mol. The number of aryl methyl sites for hydroxylation is 1. The maximum atomic E-state index is 16.2. The van der Waals surface area contributed by atoms with Crippen LogP contribution in [0.5, 0.6) is 46.0 Å². The van der Waals surface area contributed by atoms with Crippen LogP contribution in [0, 0.1) is 0 Å². The van der Waals surface area contributed by atoms with Crippen LogP contribution >= 0.6 is 0 Å². The number of para-hydroxylation sites is 4. The van der Waals surface area contributed by atoms with Crippen LogP contribution < -0.4 is 34.9 Å². The summed E-state index contributed by atoms with van der Waals surface area (Å²) in [6.45, 7) is 6.33. The lowest BCUT2D eigenvalue weighted by atomic mass is 9.80. The zero-order valence-electron chi connectivity index (χ0n) is 53.7. The Balaban J connectivity index is 0.983. The molecule has 3 N–H and O–H groups in total. The van der Waals surface area contributed by atoms with E-state index >= 15 is 28.8 Å². The van der Waals surface area contributed by atoms with Gasteiger partial charge in [-0.25, -0.2) is 0 Å². The number of fused-ring (bicyclic) bond motifs is 2. The SMILES string of the molecule is CCOCCC(C(=O)Nc1ccc(CCC2CO2)cc1)N1C(=O)c2cc(Oc3ccccc3)c3c4c(Oc5ccccc5)cc5c6c(cc(Oc7ccccc7)c(c7c(Oc8ccccc8)cc(c2c37)C1=O)c64)C(=O)N(C(CCOCC)C(=O)Nc1ccc(NCC2CO2)cc1)C5=O. The predicted octanol–water partition coefficient (Wildman–Crippen LogP) is 15.1. The van der Waals surface area contributed by atoms with E-state index < -0.39 is 47.5 Å². The zero-order chi connectivity index (χ0) is 67.0. The number of epoxide rings is 2. The number of hydrogen-bond donors (Lipinski definition) is 3. The fourth-order valence-electron chi connectivity index (χ4n) is 13.2. The van der Waals surface area contributed by atoms with Gasteiger partial charge in [-0.3, -0.25) is 38.6 Å². The molecular weight excluding hydrogens is 1240 g/mol. The molecule has 2 saturated heterocycles. The van der Waals surface area contributed by atoms with Gasteiger partial charge in [0.25, 0.3) is 23.6 Å². The number of nitrogens with one attached hydrogen (secondary N) is 3. The summed E-state index contributed by atoms with van der Waals surface area (Å²) in [6.07, 6.45) is 1.91. The number of benzene rings is 11. The summed E-state index contributed by atoms with van der Waals surface area (Å²) in [4.78, 5) is 96.8. The summed E-state index contributed by atoms with van der Waals surface area (Å²) in [5.41, 5.74) is 2.78. The maximum absolute atomic E-state index is 16.2. The second-order valence-electron chi connectivity index (χ2n) is 24.4. The van der Waals surface area contributed by atoms with Crippen molar-refractivity contribution in [3.8, 4) is 46.0 Å². The van der Waals surface area contributed by atoms with Gasteiger partial charge in [-0.05, 0) is 141 Å². The van der Waals surface area contributed by atoms with E-state index in [9.17, 15) is 0 Å². The predicted molar refractivity (Wildman–Crippen MR) is 371 cm³/mol. The number of anilines is 3. The Bertz CT molecular complexity index is 4360. The molecule has 492 valence electrons. The molecule has 0 saturated carbocycles. The second kappa shape index (κ2) is 27.1. The number of carbonyl (C=O) groups excluding carboxylic acids is 6. The Labute approximate surface area is 563 Å². The van der Waals surface area contributed by atoms with Crippen molar-refractivity contribution in [3.05, 3.63) is 222 Å². The lowest BCUT2D eigenvalue weighted by Crippen LogP contribution is -2.52. The first-order valence-electron chi connectivity index (χ1n) is 33.0. The molecule has 0 radical (unpaired) electrons. The molecule has 11 aromatic carbocycles. The molecule has 4 aliphatic rings. The molecule has 19 nitrogen and oxygen atoms in total. The van der Waals surface area contributed by atoms with E-state index in [-0.39, 0.29) is 105 Å². The largest absolute Gasteiger partial charge is 0.457 e. The molecule has 6 amide bonds. The lowest BCUT2D eigenvalue weighted by Gasteiger charge is -2.36. The first-order valence-corrected chi connectivity index (χ1v) is 33.0. The van der Waals surface area contributed by atoms with Gasteiger partial charge in [0, 0.05) is 106 Å². The highest BCUT2D eigenvalue weighted by Crippen LogP contribution is 2.58. The third-order valence-electron chi connectivity index (χ3n) is 18.0. The van der Waals surface area contributed by atoms with E-state index in [1.165, 1.54) is 0 Å². The third-order valence-corrected chi connectivity index (χ3v) is 18.0. The molecule has 4 heterocycles. The van der Waals surface area contributed by atoms with Gasteiger partial charge in [-0.15, -0.1) is 0 Å². The molecule has 0 bridgehead atoms. The van der Waals surface area contributed by atoms with Crippen molar-refractivity contribution in [2.75, 3.05) is 62.1 Å². The highest BCUT2D eigenvalue weighted by atomic mass is 16.6. The molecule has 4 atom stereocenters. The lowest BCUT2D eigenvalue weighted by molar-refractivity contribution is -0.121. The van der Waals surface area contributed by atoms with E-state index in [4.69, 9.17) is 37.9 Å². The Morgan fingerprint density at radius 1 is 0.429 bits per heavy atom. The molecule has 15 rings (SSSR count). The van der Waals surface area contributed by atoms with Crippen LogP contribution in [-0.4, -0.2) is 116 Å². The van der Waals surface area contributed by atoms with E-state index in [2.05, 4.69) is 16.0 Å². The van der Waals surface area contributed by atoms with Crippen molar-refractivity contribution in [2.45, 2.75) is 63.8 Å². The van der Waals surface area contributed by atoms with Gasteiger partial charge in [0.15, 0.2) is 0 Å². The summed E-state index contributed by atoms with van der Waals surface area (Å²) < 4.78 is 50.9. The topological polar surface area (TPSA) is 225 Å². The highest BCUT2D eigenvalue weighted by Gasteiger charge is 2.46. The number of amides is 6. The number of imide groups is 2. The smallest absolute Gasteiger partial charge is 0.262 e. The molecule has 2 fully saturated rings. The van der Waals surface area contributed by atoms with Crippen LogP contribution in [0.25, 0.3) is 43.1 Å². The molecule has 0 aromatic heterocycles. The van der Waals surface area contributed by atoms with Gasteiger partial charge >= 0.3 is 0 Å². The number of hydrogen-bond acceptors (Lipinski definition) is 15. The van der Waals surface area contributed by atoms with Crippen LogP contribution in [0.15, 0.2) is 194 Å². The van der Waals surface area contributed by atoms with Gasteiger partial charge in [0.05, 0.1) is 47.7 Å². The quantitative estimate of drug-likeness (QED) is 0.0136. The number of ether oxygens (including phenoxy) is 8. The van der Waals surface area contributed by atoms with E-state index in [1.54, 1.807) is 146 Å². The Morgan fingerprint density at radius 2 is 0.755 bits per heavy atom. The third kappa shape index (κ3) is 12.4. The molecule has 0 aliphatic carbocycles. The highest BCUT2D eigenvalue weighted by molar-refractivity contribution is 6.45. The van der Waals surface area contributed by atoms with E-state index in [0.29, 0.717) is 82.3 Å². The monoisotopic (exact) mass is 1310 g/mol. The van der Waals surface area contributed by atoms with Gasteiger partial charge < -0.3 is 53.8 Å². The van der Waals surface area contributed by atoms with Crippen molar-refractivity contribution in [2.24, 2.45) is 0 Å². The second-order valence-corrected chi connectivity index (χ2v) is 24.4. The summed E-state index contributed by atoms with van der Waals surface area (Å²) in [6, 6.07) is 53.8. The minimum Gasteiger partial charge on any atom is -0.457 e. The van der Waals surface area contributed by atoms with Gasteiger partial charge in [-0.2, -0.15) is 0 Å². The summed E-state index contributed by atoms with van der Waals surface area (Å²) >= 11 is 0. The molecular formula is C79H67N5O14. The normalized spacial score (nSPS) is 16.0. The summed E-state index contributed by atoms with van der Waals surface area (Å²) in [5, 5.41) is 11.4. The number of carbonyl (C=O) groups is 6. The fourth-order valence-corrected chi connectivity index (χ4v) is 13.2. The van der Waals surface area contributed by atoms with Crippen molar-refractivity contribution in [1.82, 2.24) is 9.80 Å². The van der Waals surface area contributed by atoms with Gasteiger partial charge in [-0.1, -0.05) is 84.9 Å². The molecule has 11 aromatic rings. The van der Waals surface area contributed by atoms with E-state index in [0.717, 1.165) is 40.5 Å². The molecule has 4 aliphatic heterocycles. The molecule has 0 spiro atoms. The Morgan fingerprint density at radius 3 is 1.08 bits per heavy atom. The van der Waals surface area contributed by atoms with Crippen LogP contribution in [-0.2, 0) is 35.0 Å². The van der Waals surface area contributed by atoms with Crippen molar-refractivity contribution >= 4 is 95.6 Å². The average Bonchev–Trinajstić information content (AvgIpc) is 0.817. The first-order chi connectivity index (χ1) is 48.0. The minimum atomic E-state index is -1.42. The van der Waals surface area contributed by atoms with E-state index in [1.807, 2.05) is 62.4 Å². The zero-order valence-corrected chi connectivity index (χ0v) is 53.7. The van der Waals surface area contributed by atoms with Crippen molar-refractivity contribution in [3.63, 3.8) is 0 Å². The first kappa shape index (κ1) is 62.9. The van der Waals surface area contributed by atoms with Crippen LogP contribution in [0.3, 0.4) is 0 Å². The number of rotatable bonds is 28. The minimum absolute atomic E-state index is 0.00293. The maximum Gasteiger partial charge on any atom is 0.262 e. The van der Waals surface area contributed by atoms with Gasteiger partial charge in [0.1, 0.15) is 58.1 Å². The standard InChI is InChI=1S/C79H67N5O14/c1-3-91-37-35-60(74(85)81-48-28-25-46(26-29-48)27-34-54-44-93-54)83-76(87)56-39-62(95-50-17-9-5-10-18-50)68-70-64(97-52-21-13-7-14-22-52)41-58-67-59(79(90)84(78(58)89)61(36-38-92-4-2)75(86)82-49-32-30-47(31-33-49)80-43-55-45-94-55)42-65(98-53-23-15-8-16-24-53)71(73(67)70)69-63(96-51-19-11-6-12-20-51)40-57(77(83)88)66(56)72(68)69/h5-26,28-33,39-42,54-55,60-61,80H,3-4,27,34-38,43-45H2,1-2H3,(H,81,85)(H,82,86). The van der Waals surface area contributed by atoms with Crippen LogP contribution in [0.4, 0.5) is 17.1 Å². The van der Waals surface area contributed by atoms with Crippen molar-refractivity contribution in [1.29, 1.82) is 0 Å². The van der Waals surface area contributed by atoms with Crippen LogP contribution in [0.1, 0.15) is 80.1 Å². The molecule has 19 heteroatoms. The number of nitrogens with zero attached hydrogens (tertiary/aromatic N) is 2. The Kier molecular flexibility index (Phi) is 17.4. The fraction of sp³-hybridized carbons (Fsp3) is 0.215. The Hall–Kier alpha value is -11.2. The summed E-state index contributed by atoms with van der Waals surface area (Å²) in [5.74, 6) is -2.70. The van der Waals surface area contributed by atoms with Crippen molar-refractivity contribution < 1.29 is 66.7 Å². The van der Waals surface area contributed by atoms with Gasteiger partial charge in [0.2, 0.25) is 11.8 Å². The molecule has 4 unspecified atom stereocenters. The van der Waals surface area contributed by atoms with Crippen LogP contribution in [0.2, 0.25) is 0 Å². The molecule has 98 heavy (non-hydrogen) atoms.